The van der Waals surface area contributed by atoms with Gasteiger partial charge in [0.25, 0.3) is 0 Å². The van der Waals surface area contributed by atoms with Gasteiger partial charge < -0.3 is 14.7 Å². The van der Waals surface area contributed by atoms with E-state index < -0.39 is 0 Å². The van der Waals surface area contributed by atoms with Gasteiger partial charge in [-0.3, -0.25) is 0 Å². The van der Waals surface area contributed by atoms with Crippen LogP contribution in [0.2, 0.25) is 0 Å². The molecule has 5 unspecified atom stereocenters. The van der Waals surface area contributed by atoms with Crippen molar-refractivity contribution >= 4 is 97.6 Å². The molecule has 446 valence electrons. The summed E-state index contributed by atoms with van der Waals surface area (Å²) in [6.45, 7) is 0.0283. The lowest BCUT2D eigenvalue weighted by Gasteiger charge is -2.54. The first-order chi connectivity index (χ1) is 46.5. The van der Waals surface area contributed by atoms with E-state index in [1.807, 2.05) is 0 Å². The van der Waals surface area contributed by atoms with Crippen LogP contribution in [-0.4, -0.2) is 23.7 Å². The highest BCUT2D eigenvalue weighted by Gasteiger charge is 2.53. The van der Waals surface area contributed by atoms with Crippen molar-refractivity contribution in [2.24, 2.45) is 17.8 Å². The second-order valence-corrected chi connectivity index (χ2v) is 28.4. The van der Waals surface area contributed by atoms with Gasteiger partial charge in [0, 0.05) is 64.0 Å². The van der Waals surface area contributed by atoms with Gasteiger partial charge in [-0.15, -0.1) is 0 Å². The average molecular weight is 1200 g/mol. The summed E-state index contributed by atoms with van der Waals surface area (Å²) in [5.74, 6) is 0.820. The van der Waals surface area contributed by atoms with Crippen molar-refractivity contribution in [3.05, 3.63) is 353 Å². The topological polar surface area (TPSA) is 9.72 Å². The zero-order valence-electron chi connectivity index (χ0n) is 52.7. The number of anilines is 2. The van der Waals surface area contributed by atoms with Crippen LogP contribution in [0.3, 0.4) is 0 Å². The lowest BCUT2D eigenvalue weighted by atomic mass is 9.29. The zero-order chi connectivity index (χ0) is 61.3. The Balaban J connectivity index is 0.842. The molecule has 0 aromatic heterocycles. The molecule has 0 N–H and O–H groups in total. The number of hydrogen-bond acceptors (Lipinski definition) is 3. The third kappa shape index (κ3) is 8.37. The molecule has 9 aromatic carbocycles. The Labute approximate surface area is 549 Å². The number of allylic oxidation sites excluding steroid dienone is 19. The first-order valence-electron chi connectivity index (χ1n) is 34.6. The van der Waals surface area contributed by atoms with Crippen molar-refractivity contribution in [2.45, 2.75) is 69.9 Å². The van der Waals surface area contributed by atoms with Crippen molar-refractivity contribution in [2.75, 3.05) is 9.80 Å². The summed E-state index contributed by atoms with van der Waals surface area (Å²) in [5.41, 5.74) is 26.6. The second-order valence-electron chi connectivity index (χ2n) is 28.4. The molecule has 0 fully saturated rings. The van der Waals surface area contributed by atoms with Crippen LogP contribution in [0.5, 0.6) is 0 Å². The first-order valence-corrected chi connectivity index (χ1v) is 34.6. The normalized spacial score (nSPS) is 23.1. The molecular weight excluding hydrogens is 1130 g/mol. The largest absolute Gasteiger partial charge is 0.339 e. The summed E-state index contributed by atoms with van der Waals surface area (Å²) in [6, 6.07) is 65.4. The quantitative estimate of drug-likeness (QED) is 0.126. The molecule has 0 saturated carbocycles. The van der Waals surface area contributed by atoms with E-state index in [9.17, 15) is 0 Å². The predicted molar refractivity (Wildman–Crippen MR) is 394 cm³/mol. The van der Waals surface area contributed by atoms with E-state index in [1.54, 1.807) is 0 Å². The minimum atomic E-state index is -0.0307. The average Bonchev–Trinajstić information content (AvgIpc) is 0.689. The fraction of sp³-hybridized carbons (Fsp3) is 0.156. The fourth-order valence-corrected chi connectivity index (χ4v) is 18.7. The predicted octanol–water partition coefficient (Wildman–Crippen LogP) is 17.6. The maximum absolute atomic E-state index is 2.91. The van der Waals surface area contributed by atoms with Gasteiger partial charge in [0.05, 0.1) is 12.1 Å². The number of rotatable bonds is 5. The number of fused-ring (bicyclic) bond motifs is 14. The Kier molecular flexibility index (Phi) is 11.6. The molecule has 4 heteroatoms. The van der Waals surface area contributed by atoms with Crippen LogP contribution in [0.25, 0.3) is 79.5 Å². The molecule has 9 aromatic rings. The lowest BCUT2D eigenvalue weighted by Crippen LogP contribution is -2.55. The van der Waals surface area contributed by atoms with Gasteiger partial charge in [-0.05, 0) is 243 Å². The Morgan fingerprint density at radius 1 is 0.436 bits per heavy atom. The molecule has 94 heavy (non-hydrogen) atoms. The molecule has 0 spiro atoms. The maximum Gasteiger partial charge on any atom is 0.246 e. The zero-order valence-corrected chi connectivity index (χ0v) is 52.7. The van der Waals surface area contributed by atoms with Crippen LogP contribution in [0, 0.1) is 17.8 Å². The van der Waals surface area contributed by atoms with E-state index in [0.29, 0.717) is 5.92 Å². The molecule has 21 rings (SSSR count). The SMILES string of the molecule is C1=CC2=CC3=CC4=C(CC3C=C2CC1)N(c1ccc2cc3ccccc3cc2c1)C1CC(N(C2=CCC3C=c5ccccc5=CC3=C2)C2C=Cc3cc5c(cc3C2)C=CCC5)=CC2=C1B4C1=C(CC3C=c4ccccc4=CC3=C1)N2c1ccc2cc3ccccc3cc2c1. The summed E-state index contributed by atoms with van der Waals surface area (Å²) < 4.78 is 0. The van der Waals surface area contributed by atoms with E-state index in [-0.39, 0.29) is 30.6 Å². The van der Waals surface area contributed by atoms with Gasteiger partial charge in [-0.2, -0.15) is 0 Å². The summed E-state index contributed by atoms with van der Waals surface area (Å²) in [7, 11) is 0. The maximum atomic E-state index is 2.91. The summed E-state index contributed by atoms with van der Waals surface area (Å²) in [5, 5.41) is 15.5. The highest BCUT2D eigenvalue weighted by Crippen LogP contribution is 2.56. The van der Waals surface area contributed by atoms with Crippen molar-refractivity contribution in [1.29, 1.82) is 0 Å². The van der Waals surface area contributed by atoms with E-state index in [4.69, 9.17) is 0 Å². The van der Waals surface area contributed by atoms with Gasteiger partial charge in [-0.25, -0.2) is 0 Å². The van der Waals surface area contributed by atoms with E-state index in [1.165, 1.54) is 170 Å². The first kappa shape index (κ1) is 53.1. The van der Waals surface area contributed by atoms with Gasteiger partial charge in [0.15, 0.2) is 0 Å². The molecule has 12 aliphatic rings. The highest BCUT2D eigenvalue weighted by atomic mass is 15.2. The van der Waals surface area contributed by atoms with E-state index in [2.05, 4.69) is 288 Å². The molecule has 2 heterocycles. The fourth-order valence-electron chi connectivity index (χ4n) is 18.7. The molecule has 0 saturated heterocycles. The van der Waals surface area contributed by atoms with Crippen LogP contribution < -0.4 is 30.7 Å². The van der Waals surface area contributed by atoms with Crippen molar-refractivity contribution in [1.82, 2.24) is 4.90 Å². The molecule has 2 aliphatic heterocycles. The Morgan fingerprint density at radius 3 is 1.78 bits per heavy atom. The van der Waals surface area contributed by atoms with Crippen molar-refractivity contribution in [3.63, 3.8) is 0 Å². The van der Waals surface area contributed by atoms with Crippen LogP contribution in [-0.2, 0) is 12.8 Å². The molecule has 10 aliphatic carbocycles. The number of aryl methyl sites for hydroxylation is 1. The summed E-state index contributed by atoms with van der Waals surface area (Å²) in [4.78, 5) is 8.56. The number of benzene rings is 9. The van der Waals surface area contributed by atoms with Gasteiger partial charge in [0.2, 0.25) is 6.71 Å². The molecule has 5 atom stereocenters. The van der Waals surface area contributed by atoms with E-state index in [0.717, 1.165) is 57.8 Å². The monoisotopic (exact) mass is 1200 g/mol. The van der Waals surface area contributed by atoms with Gasteiger partial charge in [-0.1, -0.05) is 212 Å². The number of hydrogen-bond donors (Lipinski definition) is 0. The highest BCUT2D eigenvalue weighted by molar-refractivity contribution is 6.83. The molecule has 0 bridgehead atoms. The number of nitrogens with zero attached hydrogens (tertiary/aromatic N) is 3. The van der Waals surface area contributed by atoms with E-state index >= 15 is 0 Å². The van der Waals surface area contributed by atoms with Crippen LogP contribution in [0.15, 0.2) is 309 Å². The van der Waals surface area contributed by atoms with Crippen LogP contribution in [0.1, 0.15) is 67.2 Å². The summed E-state index contributed by atoms with van der Waals surface area (Å²) in [6.07, 6.45) is 52.2. The van der Waals surface area contributed by atoms with Crippen LogP contribution >= 0.6 is 0 Å². The Hall–Kier alpha value is -10.4. The van der Waals surface area contributed by atoms with Gasteiger partial charge in [0.1, 0.15) is 0 Å². The molecular formula is C90H68BN3. The second kappa shape index (κ2) is 20.5. The lowest BCUT2D eigenvalue weighted by molar-refractivity contribution is 0.344. The third-order valence-corrected chi connectivity index (χ3v) is 23.1. The van der Waals surface area contributed by atoms with Crippen molar-refractivity contribution < 1.29 is 0 Å². The molecule has 0 amide bonds. The summed E-state index contributed by atoms with van der Waals surface area (Å²) >= 11 is 0. The minimum absolute atomic E-state index is 0.0283. The minimum Gasteiger partial charge on any atom is -0.339 e. The third-order valence-electron chi connectivity index (χ3n) is 23.1. The Bertz CT molecular complexity index is 5720. The Morgan fingerprint density at radius 2 is 1.02 bits per heavy atom. The molecule has 0 radical (unpaired) electrons. The van der Waals surface area contributed by atoms with Gasteiger partial charge >= 0.3 is 0 Å². The van der Waals surface area contributed by atoms with Crippen LogP contribution in [0.4, 0.5) is 11.4 Å². The van der Waals surface area contributed by atoms with Crippen molar-refractivity contribution in [3.8, 4) is 0 Å². The standard InChI is InChI=1S/C90H68BN3/c1-5-17-59-37-71-45-79(29-25-67(71)33-55(59)13-1)92(80-30-26-68-34-56-14-2-6-18-60(56)38-72(68)46-80)83-53-88-90-89(54-83)94(82-32-28-70-36-58-16-4-8-20-62(58)40-74(70)48-82)87-52-78-44-66-24-12-10-22-64(66)42-76(78)50-85(87)91(90)84-49-75-41-63-21-9-11-23-65(63)43-77(75)51-86(84)93(88)81-31-27-69-35-57-15-3-7-19-61(57)39-73(69)47-81/h1,3-11,13,15-23,26-45,47-50,53,67,77-78,80,89H,2,12,14,24-25,46,51-52,54H2. The smallest absolute Gasteiger partial charge is 0.246 e. The molecule has 3 nitrogen and oxygen atoms in total.